The van der Waals surface area contributed by atoms with Gasteiger partial charge in [0.05, 0.1) is 11.7 Å². The van der Waals surface area contributed by atoms with E-state index in [0.717, 1.165) is 18.8 Å². The summed E-state index contributed by atoms with van der Waals surface area (Å²) >= 11 is 0. The molecule has 1 saturated heterocycles. The molecule has 4 aliphatic rings. The van der Waals surface area contributed by atoms with Crippen LogP contribution in [0.1, 0.15) is 47.0 Å². The van der Waals surface area contributed by atoms with E-state index in [4.69, 9.17) is 15.0 Å². The van der Waals surface area contributed by atoms with Crippen molar-refractivity contribution in [3.63, 3.8) is 0 Å². The van der Waals surface area contributed by atoms with Crippen LogP contribution < -0.4 is 0 Å². The highest BCUT2D eigenvalue weighted by atomic mass is 16.7. The Morgan fingerprint density at radius 2 is 1.90 bits per heavy atom. The highest BCUT2D eigenvalue weighted by Gasteiger charge is 2.66. The van der Waals surface area contributed by atoms with E-state index < -0.39 is 6.39 Å². The molecular weight excluding hydrogens is 256 g/mol. The quantitative estimate of drug-likeness (QED) is 0.720. The predicted octanol–water partition coefficient (Wildman–Crippen LogP) is 1.56. The van der Waals surface area contributed by atoms with Gasteiger partial charge in [0.1, 0.15) is 0 Å². The summed E-state index contributed by atoms with van der Waals surface area (Å²) in [5.74, 6) is 1.17. The molecule has 3 nitrogen and oxygen atoms in total. The van der Waals surface area contributed by atoms with Crippen LogP contribution in [-0.2, 0) is 9.31 Å². The molecule has 8 heteroatoms. The Hall–Kier alpha value is 0.205. The third-order valence-corrected chi connectivity index (χ3v) is 5.60. The van der Waals surface area contributed by atoms with Crippen molar-refractivity contribution in [2.75, 3.05) is 0 Å². The van der Waals surface area contributed by atoms with Crippen molar-refractivity contribution < 1.29 is 9.31 Å². The molecule has 0 aromatic carbocycles. The summed E-state index contributed by atoms with van der Waals surface area (Å²) in [4.78, 5) is 0. The number of hydrogen-bond donors (Lipinski definition) is 0. The van der Waals surface area contributed by atoms with E-state index in [0.29, 0.717) is 11.3 Å². The van der Waals surface area contributed by atoms with Gasteiger partial charge in [-0.15, -0.1) is 5.94 Å². The summed E-state index contributed by atoms with van der Waals surface area (Å²) in [7, 11) is 13.7. The fourth-order valence-corrected chi connectivity index (χ4v) is 4.11. The second-order valence-electron chi connectivity index (χ2n) is 7.51. The molecular formula is C13H23B5NO2-. The lowest BCUT2D eigenvalue weighted by molar-refractivity contribution is -0.185. The summed E-state index contributed by atoms with van der Waals surface area (Å²) in [5, 5.41) is 0. The third kappa shape index (κ3) is 3.14. The average molecular weight is 279 g/mol. The van der Waals surface area contributed by atoms with Crippen molar-refractivity contribution in [3.05, 3.63) is 5.73 Å². The molecule has 5 atom stereocenters. The largest absolute Gasteiger partial charge is 0.677 e. The van der Waals surface area contributed by atoms with Gasteiger partial charge in [-0.25, -0.2) is 0 Å². The van der Waals surface area contributed by atoms with E-state index in [2.05, 4.69) is 44.0 Å². The molecule has 0 amide bonds. The van der Waals surface area contributed by atoms with Crippen LogP contribution in [0.3, 0.4) is 0 Å². The molecule has 1 aliphatic heterocycles. The topological polar surface area (TPSA) is 42.3 Å². The van der Waals surface area contributed by atoms with Crippen LogP contribution in [0, 0.1) is 17.3 Å². The van der Waals surface area contributed by atoms with Gasteiger partial charge in [-0.2, -0.15) is 0 Å². The van der Waals surface area contributed by atoms with Crippen LogP contribution in [0.2, 0.25) is 0 Å². The smallest absolute Gasteiger partial charge is 0.438 e. The normalized spacial score (nSPS) is 40.4. The van der Waals surface area contributed by atoms with Gasteiger partial charge in [0.15, 0.2) is 0 Å². The van der Waals surface area contributed by atoms with Crippen LogP contribution in [0.4, 0.5) is 0 Å². The van der Waals surface area contributed by atoms with Crippen molar-refractivity contribution in [2.24, 2.45) is 17.3 Å². The van der Waals surface area contributed by atoms with E-state index in [-0.39, 0.29) is 24.8 Å². The first kappa shape index (κ1) is 17.6. The van der Waals surface area contributed by atoms with Gasteiger partial charge in [0.25, 0.3) is 0 Å². The minimum atomic E-state index is -0.667. The van der Waals surface area contributed by atoms with E-state index in [9.17, 15) is 0 Å². The van der Waals surface area contributed by atoms with Crippen molar-refractivity contribution in [2.45, 2.75) is 64.6 Å². The van der Waals surface area contributed by atoms with Crippen LogP contribution in [0.5, 0.6) is 0 Å². The summed E-state index contributed by atoms with van der Waals surface area (Å²) in [5.41, 5.74) is 8.27. The molecule has 1 N–H and O–H groups in total. The van der Waals surface area contributed by atoms with Gasteiger partial charge < -0.3 is 15.0 Å². The Kier molecular flexibility index (Phi) is 5.03. The number of rotatable bonds is 2. The molecule has 4 rings (SSSR count). The molecule has 3 saturated carbocycles. The summed E-state index contributed by atoms with van der Waals surface area (Å²) in [6, 6.07) is 0. The molecule has 108 valence electrons. The third-order valence-electron chi connectivity index (χ3n) is 5.60. The first-order chi connectivity index (χ1) is 9.61. The molecule has 4 fully saturated rings. The first-order valence-corrected chi connectivity index (χ1v) is 7.93. The van der Waals surface area contributed by atoms with Crippen LogP contribution in [-0.4, -0.2) is 54.4 Å². The standard InChI is InChI=1S/C13H23BNO2.B4/c1-5-10(15)14-16-11-9-6-8(12(9,2)3)7-13(11,4)17-14;1-4(2)3/h8-11,15H,5-7H2,1-4H3;/q-1;/t8?,9-,10-,11+,13-;/m1./s1. The molecule has 2 bridgehead atoms. The van der Waals surface area contributed by atoms with Crippen molar-refractivity contribution in [1.82, 2.24) is 0 Å². The zero-order valence-electron chi connectivity index (χ0n) is 13.6. The Balaban J connectivity index is 0.000000361. The molecule has 1 unspecified atom stereocenters. The van der Waals surface area contributed by atoms with E-state index >= 15 is 0 Å². The summed E-state index contributed by atoms with van der Waals surface area (Å²) < 4.78 is 12.2. The maximum absolute atomic E-state index is 7.98. The lowest BCUT2D eigenvalue weighted by Gasteiger charge is -2.63. The number of hydrogen-bond acceptors (Lipinski definition) is 2. The maximum atomic E-state index is 7.98. The van der Waals surface area contributed by atoms with Gasteiger partial charge >= 0.3 is 7.12 Å². The second kappa shape index (κ2) is 6.01. The maximum Gasteiger partial charge on any atom is 0.438 e. The highest BCUT2D eigenvalue weighted by Crippen LogP contribution is 2.64. The fourth-order valence-electron chi connectivity index (χ4n) is 4.11. The predicted molar refractivity (Wildman–Crippen MR) is 91.5 cm³/mol. The first-order valence-electron chi connectivity index (χ1n) is 7.93. The molecule has 0 spiro atoms. The molecule has 6 radical (unpaired) electrons. The Bertz CT molecular complexity index is 381. The van der Waals surface area contributed by atoms with Gasteiger partial charge in [0, 0.05) is 29.6 Å². The lowest BCUT2D eigenvalue weighted by atomic mass is 9.08. The monoisotopic (exact) mass is 280 g/mol. The Morgan fingerprint density at radius 1 is 1.33 bits per heavy atom. The molecule has 1 heterocycles. The Labute approximate surface area is 134 Å². The molecule has 21 heavy (non-hydrogen) atoms. The molecule has 0 aromatic rings. The van der Waals surface area contributed by atoms with Crippen molar-refractivity contribution >= 4 is 36.7 Å². The van der Waals surface area contributed by atoms with E-state index in [1.165, 1.54) is 6.42 Å². The minimum absolute atomic E-state index is 0.123. The van der Waals surface area contributed by atoms with E-state index in [1.807, 2.05) is 6.92 Å². The van der Waals surface area contributed by atoms with E-state index in [1.54, 1.807) is 0 Å². The summed E-state index contributed by atoms with van der Waals surface area (Å²) in [6.07, 6.45) is 2.74. The number of nitrogens with one attached hydrogen (secondary N) is 1. The summed E-state index contributed by atoms with van der Waals surface area (Å²) in [6.45, 7) is 8.94. The highest BCUT2D eigenvalue weighted by molar-refractivity contribution is 7.49. The average Bonchev–Trinajstić information content (AvgIpc) is 2.73. The zero-order valence-corrected chi connectivity index (χ0v) is 13.6. The van der Waals surface area contributed by atoms with Crippen molar-refractivity contribution in [3.8, 4) is 0 Å². The lowest BCUT2D eigenvalue weighted by Crippen LogP contribution is -2.63. The fraction of sp³-hybridized carbons (Fsp3) is 1.00. The zero-order chi connectivity index (χ0) is 16.0. The minimum Gasteiger partial charge on any atom is -0.677 e. The van der Waals surface area contributed by atoms with Crippen LogP contribution in [0.25, 0.3) is 5.73 Å². The van der Waals surface area contributed by atoms with Gasteiger partial charge in [-0.3, -0.25) is 0 Å². The molecule has 3 aliphatic carbocycles. The van der Waals surface area contributed by atoms with Crippen LogP contribution in [0.15, 0.2) is 0 Å². The van der Waals surface area contributed by atoms with Gasteiger partial charge in [-0.05, 0) is 37.0 Å². The van der Waals surface area contributed by atoms with Crippen molar-refractivity contribution in [1.29, 1.82) is 0 Å². The SMILES string of the molecule is CC[C@@H]([NH-])B1O[C@H]2[C@H]3CC(C[C@@]2(C)O1)C3(C)C.[B]B([B])[B]. The van der Waals surface area contributed by atoms with Crippen LogP contribution >= 0.6 is 0 Å². The Morgan fingerprint density at radius 3 is 2.38 bits per heavy atom. The van der Waals surface area contributed by atoms with Gasteiger partial charge in [0.2, 0.25) is 0 Å². The van der Waals surface area contributed by atoms with Gasteiger partial charge in [-0.1, -0.05) is 27.2 Å². The second-order valence-corrected chi connectivity index (χ2v) is 7.51. The molecule has 0 aromatic heterocycles.